The molecule has 35 heavy (non-hydrogen) atoms. The highest BCUT2D eigenvalue weighted by Crippen LogP contribution is 2.35. The van der Waals surface area contributed by atoms with E-state index in [2.05, 4.69) is 36.7 Å². The minimum absolute atomic E-state index is 0.132. The van der Waals surface area contributed by atoms with Crippen LogP contribution in [0.25, 0.3) is 22.8 Å². The molecule has 0 atom stereocenters. The van der Waals surface area contributed by atoms with Crippen LogP contribution < -0.4 is 20.3 Å². The second kappa shape index (κ2) is 9.13. The molecule has 6 rings (SSSR count). The molecule has 0 amide bonds. The van der Waals surface area contributed by atoms with Crippen molar-refractivity contribution in [2.45, 2.75) is 25.3 Å². The molecule has 4 aromatic rings. The van der Waals surface area contributed by atoms with Gasteiger partial charge in [0.05, 0.1) is 17.4 Å². The maximum Gasteiger partial charge on any atom is 0.258 e. The number of anilines is 1. The molecule has 2 aliphatic heterocycles. The Morgan fingerprint density at radius 1 is 0.943 bits per heavy atom. The SMILES string of the molecule is Cc1ccc(-c2nc(-c3ccc(Oc4ccc(N5CCCC56CNCNC6)cn4)cc3)no2)cc1. The fraction of sp³-hybridized carbons (Fsp3) is 0.296. The van der Waals surface area contributed by atoms with E-state index in [0.717, 1.165) is 43.1 Å². The minimum atomic E-state index is 0.132. The summed E-state index contributed by atoms with van der Waals surface area (Å²) in [6.45, 7) is 5.97. The third-order valence-corrected chi connectivity index (χ3v) is 6.85. The van der Waals surface area contributed by atoms with E-state index in [1.165, 1.54) is 18.4 Å². The first-order valence-electron chi connectivity index (χ1n) is 12.0. The number of nitrogens with zero attached hydrogens (tertiary/aromatic N) is 4. The van der Waals surface area contributed by atoms with Crippen LogP contribution in [0.5, 0.6) is 11.6 Å². The molecule has 2 N–H and O–H groups in total. The second-order valence-electron chi connectivity index (χ2n) is 9.28. The predicted octanol–water partition coefficient (Wildman–Crippen LogP) is 4.39. The third-order valence-electron chi connectivity index (χ3n) is 6.85. The van der Waals surface area contributed by atoms with E-state index in [-0.39, 0.29) is 5.54 Å². The number of aryl methyl sites for hydroxylation is 1. The number of nitrogens with one attached hydrogen (secondary N) is 2. The fourth-order valence-corrected chi connectivity index (χ4v) is 4.99. The Hall–Kier alpha value is -3.75. The zero-order valence-corrected chi connectivity index (χ0v) is 19.7. The van der Waals surface area contributed by atoms with Gasteiger partial charge in [0.15, 0.2) is 0 Å². The Bertz CT molecular complexity index is 1280. The Morgan fingerprint density at radius 2 is 1.71 bits per heavy atom. The highest BCUT2D eigenvalue weighted by molar-refractivity contribution is 5.60. The van der Waals surface area contributed by atoms with E-state index in [1.54, 1.807) is 0 Å². The summed E-state index contributed by atoms with van der Waals surface area (Å²) in [7, 11) is 0. The third kappa shape index (κ3) is 4.38. The number of aromatic nitrogens is 3. The molecule has 0 aliphatic carbocycles. The molecular formula is C27H28N6O2. The highest BCUT2D eigenvalue weighted by atomic mass is 16.5. The number of hydrogen-bond acceptors (Lipinski definition) is 8. The van der Waals surface area contributed by atoms with Crippen molar-refractivity contribution in [1.82, 2.24) is 25.8 Å². The maximum atomic E-state index is 5.99. The Morgan fingerprint density at radius 3 is 2.46 bits per heavy atom. The van der Waals surface area contributed by atoms with Crippen molar-refractivity contribution in [3.63, 3.8) is 0 Å². The van der Waals surface area contributed by atoms with E-state index in [4.69, 9.17) is 9.26 Å². The number of hydrogen-bond donors (Lipinski definition) is 2. The van der Waals surface area contributed by atoms with Gasteiger partial charge in [0.1, 0.15) is 5.75 Å². The van der Waals surface area contributed by atoms with Crippen molar-refractivity contribution in [3.8, 4) is 34.5 Å². The smallest absolute Gasteiger partial charge is 0.258 e. The number of pyridine rings is 1. The Labute approximate surface area is 204 Å². The molecule has 2 saturated heterocycles. The minimum Gasteiger partial charge on any atom is -0.439 e. The van der Waals surface area contributed by atoms with Crippen LogP contribution in [0.3, 0.4) is 0 Å². The summed E-state index contributed by atoms with van der Waals surface area (Å²) in [4.78, 5) is 11.6. The lowest BCUT2D eigenvalue weighted by Crippen LogP contribution is -2.62. The molecule has 1 spiro atoms. The zero-order valence-electron chi connectivity index (χ0n) is 19.7. The lowest BCUT2D eigenvalue weighted by molar-refractivity contribution is 0.316. The number of ether oxygens (including phenoxy) is 1. The first kappa shape index (κ1) is 21.8. The van der Waals surface area contributed by atoms with Gasteiger partial charge in [-0.15, -0.1) is 0 Å². The standard InChI is InChI=1S/C27H28N6O2/c1-19-3-5-21(6-4-19)26-31-25(32-35-26)20-7-10-23(11-8-20)34-24-12-9-22(15-30-24)33-14-2-13-27(33)16-28-18-29-17-27/h3-12,15,28-29H,2,13-14,16-18H2,1H3. The molecule has 4 heterocycles. The van der Waals surface area contributed by atoms with Crippen molar-refractivity contribution in [3.05, 3.63) is 72.4 Å². The van der Waals surface area contributed by atoms with Crippen LogP contribution in [-0.4, -0.2) is 47.0 Å². The van der Waals surface area contributed by atoms with Gasteiger partial charge in [-0.05, 0) is 62.2 Å². The molecule has 0 radical (unpaired) electrons. The molecule has 2 aliphatic rings. The van der Waals surface area contributed by atoms with Gasteiger partial charge in [0.2, 0.25) is 11.7 Å². The molecule has 8 nitrogen and oxygen atoms in total. The summed E-state index contributed by atoms with van der Waals surface area (Å²) < 4.78 is 11.4. The molecule has 8 heteroatoms. The molecule has 2 fully saturated rings. The van der Waals surface area contributed by atoms with Gasteiger partial charge < -0.3 is 24.8 Å². The number of rotatable bonds is 5. The van der Waals surface area contributed by atoms with Crippen molar-refractivity contribution in [1.29, 1.82) is 0 Å². The van der Waals surface area contributed by atoms with Crippen LogP contribution in [0.2, 0.25) is 0 Å². The summed E-state index contributed by atoms with van der Waals surface area (Å²) in [5.74, 6) is 2.32. The average Bonchev–Trinajstić information content (AvgIpc) is 3.54. The Balaban J connectivity index is 1.13. The molecule has 0 unspecified atom stereocenters. The fourth-order valence-electron chi connectivity index (χ4n) is 4.99. The van der Waals surface area contributed by atoms with Crippen molar-refractivity contribution < 1.29 is 9.26 Å². The van der Waals surface area contributed by atoms with Crippen molar-refractivity contribution in [2.24, 2.45) is 0 Å². The van der Waals surface area contributed by atoms with Gasteiger partial charge in [-0.1, -0.05) is 22.9 Å². The van der Waals surface area contributed by atoms with Crippen molar-refractivity contribution in [2.75, 3.05) is 31.2 Å². The molecular weight excluding hydrogens is 440 g/mol. The molecule has 2 aromatic heterocycles. The van der Waals surface area contributed by atoms with Gasteiger partial charge in [-0.3, -0.25) is 0 Å². The van der Waals surface area contributed by atoms with E-state index in [1.807, 2.05) is 67.7 Å². The topological polar surface area (TPSA) is 88.3 Å². The lowest BCUT2D eigenvalue weighted by atomic mass is 9.94. The monoisotopic (exact) mass is 468 g/mol. The van der Waals surface area contributed by atoms with E-state index < -0.39 is 0 Å². The summed E-state index contributed by atoms with van der Waals surface area (Å²) >= 11 is 0. The normalized spacial score (nSPS) is 17.1. The quantitative estimate of drug-likeness (QED) is 0.446. The molecule has 178 valence electrons. The summed E-state index contributed by atoms with van der Waals surface area (Å²) in [6, 6.07) is 19.7. The summed E-state index contributed by atoms with van der Waals surface area (Å²) in [6.07, 6.45) is 4.29. The van der Waals surface area contributed by atoms with Gasteiger partial charge >= 0.3 is 0 Å². The van der Waals surface area contributed by atoms with E-state index in [9.17, 15) is 0 Å². The zero-order chi connectivity index (χ0) is 23.7. The van der Waals surface area contributed by atoms with Gasteiger partial charge in [-0.2, -0.15) is 4.98 Å². The number of benzene rings is 2. The van der Waals surface area contributed by atoms with Crippen LogP contribution in [0.4, 0.5) is 5.69 Å². The first-order chi connectivity index (χ1) is 17.2. The van der Waals surface area contributed by atoms with Crippen LogP contribution >= 0.6 is 0 Å². The van der Waals surface area contributed by atoms with Crippen LogP contribution in [0, 0.1) is 6.92 Å². The van der Waals surface area contributed by atoms with Gasteiger partial charge in [0.25, 0.3) is 5.89 Å². The maximum absolute atomic E-state index is 5.99. The van der Waals surface area contributed by atoms with Gasteiger partial charge in [-0.25, -0.2) is 4.98 Å². The Kier molecular flexibility index (Phi) is 5.67. The largest absolute Gasteiger partial charge is 0.439 e. The summed E-state index contributed by atoms with van der Waals surface area (Å²) in [5, 5.41) is 11.1. The van der Waals surface area contributed by atoms with Crippen molar-refractivity contribution >= 4 is 5.69 Å². The molecule has 0 bridgehead atoms. The van der Waals surface area contributed by atoms with E-state index in [0.29, 0.717) is 23.3 Å². The van der Waals surface area contributed by atoms with E-state index >= 15 is 0 Å². The molecule has 0 saturated carbocycles. The van der Waals surface area contributed by atoms with Gasteiger partial charge in [0, 0.05) is 43.5 Å². The molecule has 2 aromatic carbocycles. The van der Waals surface area contributed by atoms with Crippen LogP contribution in [-0.2, 0) is 0 Å². The predicted molar refractivity (Wildman–Crippen MR) is 134 cm³/mol. The van der Waals surface area contributed by atoms with Crippen LogP contribution in [0.1, 0.15) is 18.4 Å². The lowest BCUT2D eigenvalue weighted by Gasteiger charge is -2.43. The first-order valence-corrected chi connectivity index (χ1v) is 12.0. The van der Waals surface area contributed by atoms with Crippen LogP contribution in [0.15, 0.2) is 71.4 Å². The second-order valence-corrected chi connectivity index (χ2v) is 9.28. The average molecular weight is 469 g/mol. The summed E-state index contributed by atoms with van der Waals surface area (Å²) in [5.41, 5.74) is 4.22. The highest BCUT2D eigenvalue weighted by Gasteiger charge is 2.42.